The first-order valence-electron chi connectivity index (χ1n) is 6.32. The molecule has 2 rings (SSSR count). The summed E-state index contributed by atoms with van der Waals surface area (Å²) in [5.41, 5.74) is -0.715. The number of anilines is 1. The van der Waals surface area contributed by atoms with Gasteiger partial charge in [-0.1, -0.05) is 17.7 Å². The molecule has 1 atom stereocenters. The van der Waals surface area contributed by atoms with Gasteiger partial charge in [-0.3, -0.25) is 4.79 Å². The molecule has 5 nitrogen and oxygen atoms in total. The van der Waals surface area contributed by atoms with Gasteiger partial charge in [0.15, 0.2) is 0 Å². The standard InChI is InChI=1S/C14H16ClN3O2S/c1-14(20,10-4-3-5-21-10)8-17-13(19)9-6-11(15)18-12(7-9)16-2/h3-7,20H,8H2,1-2H3,(H,16,18)(H,17,19). The first-order valence-corrected chi connectivity index (χ1v) is 7.58. The number of hydrogen-bond donors (Lipinski definition) is 3. The van der Waals surface area contributed by atoms with E-state index < -0.39 is 5.60 Å². The summed E-state index contributed by atoms with van der Waals surface area (Å²) in [6.45, 7) is 1.78. The molecule has 2 aromatic heterocycles. The monoisotopic (exact) mass is 325 g/mol. The summed E-state index contributed by atoms with van der Waals surface area (Å²) in [6, 6.07) is 6.77. The molecule has 0 aliphatic heterocycles. The Balaban J connectivity index is 2.07. The number of rotatable bonds is 5. The number of nitrogens with one attached hydrogen (secondary N) is 2. The maximum Gasteiger partial charge on any atom is 0.251 e. The van der Waals surface area contributed by atoms with Crippen LogP contribution in [0.5, 0.6) is 0 Å². The molecular formula is C14H16ClN3O2S. The third kappa shape index (κ3) is 3.93. The smallest absolute Gasteiger partial charge is 0.251 e. The number of carbonyl (C=O) groups excluding carboxylic acids is 1. The fourth-order valence-corrected chi connectivity index (χ4v) is 2.78. The van der Waals surface area contributed by atoms with Gasteiger partial charge in [0.05, 0.1) is 6.54 Å². The summed E-state index contributed by atoms with van der Waals surface area (Å²) >= 11 is 7.31. The lowest BCUT2D eigenvalue weighted by Crippen LogP contribution is -2.38. The van der Waals surface area contributed by atoms with E-state index in [0.29, 0.717) is 11.4 Å². The van der Waals surface area contributed by atoms with Gasteiger partial charge in [0, 0.05) is 17.5 Å². The molecule has 7 heteroatoms. The topological polar surface area (TPSA) is 74.2 Å². The van der Waals surface area contributed by atoms with Crippen molar-refractivity contribution in [2.24, 2.45) is 0 Å². The van der Waals surface area contributed by atoms with Crippen LogP contribution in [0.2, 0.25) is 5.15 Å². The van der Waals surface area contributed by atoms with Crippen LogP contribution in [0, 0.1) is 0 Å². The van der Waals surface area contributed by atoms with Crippen LogP contribution >= 0.6 is 22.9 Å². The van der Waals surface area contributed by atoms with Gasteiger partial charge in [-0.15, -0.1) is 11.3 Å². The second-order valence-electron chi connectivity index (χ2n) is 4.75. The van der Waals surface area contributed by atoms with E-state index in [0.717, 1.165) is 4.88 Å². The van der Waals surface area contributed by atoms with Crippen molar-refractivity contribution in [1.29, 1.82) is 0 Å². The molecule has 112 valence electrons. The van der Waals surface area contributed by atoms with Crippen LogP contribution in [0.15, 0.2) is 29.6 Å². The van der Waals surface area contributed by atoms with Crippen molar-refractivity contribution < 1.29 is 9.90 Å². The Hall–Kier alpha value is -1.63. The Labute approximate surface area is 132 Å². The Bertz CT molecular complexity index is 629. The molecule has 0 saturated heterocycles. The first-order chi connectivity index (χ1) is 9.92. The van der Waals surface area contributed by atoms with Crippen LogP contribution in [0.1, 0.15) is 22.2 Å². The minimum Gasteiger partial charge on any atom is -0.383 e. The minimum absolute atomic E-state index is 0.112. The Morgan fingerprint density at radius 1 is 1.52 bits per heavy atom. The van der Waals surface area contributed by atoms with E-state index in [1.165, 1.54) is 17.4 Å². The molecule has 0 aromatic carbocycles. The summed E-state index contributed by atoms with van der Waals surface area (Å²) in [5, 5.41) is 18.0. The maximum absolute atomic E-state index is 12.1. The van der Waals surface area contributed by atoms with Gasteiger partial charge < -0.3 is 15.7 Å². The number of aliphatic hydroxyl groups is 1. The molecule has 1 unspecified atom stereocenters. The van der Waals surface area contributed by atoms with Gasteiger partial charge in [-0.2, -0.15) is 0 Å². The van der Waals surface area contributed by atoms with Crippen LogP contribution in [-0.2, 0) is 5.60 Å². The largest absolute Gasteiger partial charge is 0.383 e. The number of nitrogens with zero attached hydrogens (tertiary/aromatic N) is 1. The normalized spacial score (nSPS) is 13.5. The average molecular weight is 326 g/mol. The fourth-order valence-electron chi connectivity index (χ4n) is 1.78. The highest BCUT2D eigenvalue weighted by Crippen LogP contribution is 2.24. The van der Waals surface area contributed by atoms with Crippen molar-refractivity contribution in [1.82, 2.24) is 10.3 Å². The molecule has 0 radical (unpaired) electrons. The van der Waals surface area contributed by atoms with Crippen LogP contribution in [0.4, 0.5) is 5.82 Å². The predicted molar refractivity (Wildman–Crippen MR) is 85.0 cm³/mol. The molecule has 0 spiro atoms. The minimum atomic E-state index is -1.10. The molecule has 0 fully saturated rings. The van der Waals surface area contributed by atoms with Crippen molar-refractivity contribution in [2.45, 2.75) is 12.5 Å². The van der Waals surface area contributed by atoms with E-state index >= 15 is 0 Å². The lowest BCUT2D eigenvalue weighted by molar-refractivity contribution is 0.0557. The molecule has 1 amide bonds. The van der Waals surface area contributed by atoms with Crippen LogP contribution < -0.4 is 10.6 Å². The number of thiophene rings is 1. The summed E-state index contributed by atoms with van der Waals surface area (Å²) in [7, 11) is 1.70. The van der Waals surface area contributed by atoms with Crippen LogP contribution in [0.25, 0.3) is 0 Å². The zero-order valence-corrected chi connectivity index (χ0v) is 13.3. The Morgan fingerprint density at radius 2 is 2.29 bits per heavy atom. The van der Waals surface area contributed by atoms with Gasteiger partial charge in [-0.25, -0.2) is 4.98 Å². The van der Waals surface area contributed by atoms with E-state index in [1.807, 2.05) is 17.5 Å². The fraction of sp³-hybridized carbons (Fsp3) is 0.286. The molecule has 2 heterocycles. The van der Waals surface area contributed by atoms with Crippen LogP contribution in [0.3, 0.4) is 0 Å². The number of aromatic nitrogens is 1. The van der Waals surface area contributed by atoms with Crippen molar-refractivity contribution in [3.63, 3.8) is 0 Å². The SMILES string of the molecule is CNc1cc(C(=O)NCC(C)(O)c2cccs2)cc(Cl)n1. The Kier molecular flexibility index (Phi) is 4.82. The summed E-state index contributed by atoms with van der Waals surface area (Å²) in [5.74, 6) is 0.199. The highest BCUT2D eigenvalue weighted by molar-refractivity contribution is 7.10. The summed E-state index contributed by atoms with van der Waals surface area (Å²) in [4.78, 5) is 17.0. The van der Waals surface area contributed by atoms with E-state index in [-0.39, 0.29) is 17.6 Å². The zero-order chi connectivity index (χ0) is 15.5. The van der Waals surface area contributed by atoms with Gasteiger partial charge in [0.1, 0.15) is 16.6 Å². The van der Waals surface area contributed by atoms with Crippen molar-refractivity contribution in [2.75, 3.05) is 18.9 Å². The van der Waals surface area contributed by atoms with Crippen molar-refractivity contribution >= 4 is 34.7 Å². The molecule has 0 aliphatic rings. The van der Waals surface area contributed by atoms with E-state index in [4.69, 9.17) is 11.6 Å². The highest BCUT2D eigenvalue weighted by atomic mass is 35.5. The lowest BCUT2D eigenvalue weighted by atomic mass is 10.1. The molecule has 2 aromatic rings. The first kappa shape index (κ1) is 15.8. The molecule has 0 bridgehead atoms. The molecule has 3 N–H and O–H groups in total. The zero-order valence-electron chi connectivity index (χ0n) is 11.7. The summed E-state index contributed by atoms with van der Waals surface area (Å²) < 4.78 is 0. The van der Waals surface area contributed by atoms with Gasteiger partial charge in [-0.05, 0) is 30.5 Å². The van der Waals surface area contributed by atoms with Crippen molar-refractivity contribution in [3.05, 3.63) is 45.2 Å². The molecule has 21 heavy (non-hydrogen) atoms. The predicted octanol–water partition coefficient (Wildman–Crippen LogP) is 2.48. The van der Waals surface area contributed by atoms with Crippen molar-refractivity contribution in [3.8, 4) is 0 Å². The number of pyridine rings is 1. The van der Waals surface area contributed by atoms with E-state index in [2.05, 4.69) is 15.6 Å². The van der Waals surface area contributed by atoms with Gasteiger partial charge in [0.2, 0.25) is 0 Å². The molecular weight excluding hydrogens is 310 g/mol. The third-order valence-electron chi connectivity index (χ3n) is 2.96. The van der Waals surface area contributed by atoms with Gasteiger partial charge in [0.25, 0.3) is 5.91 Å². The second-order valence-corrected chi connectivity index (χ2v) is 6.08. The molecule has 0 aliphatic carbocycles. The van der Waals surface area contributed by atoms with Crippen LogP contribution in [-0.4, -0.2) is 29.6 Å². The van der Waals surface area contributed by atoms with E-state index in [1.54, 1.807) is 20.0 Å². The number of hydrogen-bond acceptors (Lipinski definition) is 5. The Morgan fingerprint density at radius 3 is 2.90 bits per heavy atom. The highest BCUT2D eigenvalue weighted by Gasteiger charge is 2.25. The lowest BCUT2D eigenvalue weighted by Gasteiger charge is -2.22. The number of halogens is 1. The third-order valence-corrected chi connectivity index (χ3v) is 4.27. The maximum atomic E-state index is 12.1. The number of amides is 1. The molecule has 0 saturated carbocycles. The summed E-state index contributed by atoms with van der Waals surface area (Å²) in [6.07, 6.45) is 0. The number of carbonyl (C=O) groups is 1. The average Bonchev–Trinajstić information content (AvgIpc) is 2.99. The van der Waals surface area contributed by atoms with E-state index in [9.17, 15) is 9.90 Å². The quantitative estimate of drug-likeness (QED) is 0.738. The van der Waals surface area contributed by atoms with Gasteiger partial charge >= 0.3 is 0 Å². The second kappa shape index (κ2) is 6.43.